The molecule has 0 saturated heterocycles. The second-order valence-electron chi connectivity index (χ2n) is 5.12. The highest BCUT2D eigenvalue weighted by atomic mass is 16.6. The zero-order valence-corrected chi connectivity index (χ0v) is 13.6. The minimum absolute atomic E-state index is 0.333. The van der Waals surface area contributed by atoms with Crippen LogP contribution in [0.25, 0.3) is 5.76 Å². The maximum Gasteiger partial charge on any atom is 0.308 e. The van der Waals surface area contributed by atoms with Crippen molar-refractivity contribution < 1.29 is 19.1 Å². The fraction of sp³-hybridized carbons (Fsp3) is 0.444. The monoisotopic (exact) mass is 304 g/mol. The summed E-state index contributed by atoms with van der Waals surface area (Å²) in [4.78, 5) is 22.8. The highest BCUT2D eigenvalue weighted by Crippen LogP contribution is 2.25. The number of unbranched alkanes of at least 4 members (excludes halogenated alkanes) is 3. The number of benzene rings is 1. The molecular formula is C18H24O4. The Kier molecular flexibility index (Phi) is 7.97. The quantitative estimate of drug-likeness (QED) is 0.404. The maximum absolute atomic E-state index is 11.4. The van der Waals surface area contributed by atoms with Crippen LogP contribution in [0.4, 0.5) is 0 Å². The van der Waals surface area contributed by atoms with E-state index < -0.39 is 11.9 Å². The Bertz CT molecular complexity index is 517. The number of ether oxygens (including phenoxy) is 2. The lowest BCUT2D eigenvalue weighted by Crippen LogP contribution is -2.07. The minimum atomic E-state index is -0.433. The molecule has 1 aromatic rings. The number of hydrogen-bond donors (Lipinski definition) is 0. The Morgan fingerprint density at radius 3 is 2.09 bits per heavy atom. The average Bonchev–Trinajstić information content (AvgIpc) is 2.48. The van der Waals surface area contributed by atoms with Gasteiger partial charge in [-0.1, -0.05) is 56.5 Å². The van der Waals surface area contributed by atoms with Crippen molar-refractivity contribution in [1.29, 1.82) is 0 Å². The zero-order chi connectivity index (χ0) is 16.4. The van der Waals surface area contributed by atoms with Gasteiger partial charge in [-0.15, -0.1) is 0 Å². The van der Waals surface area contributed by atoms with Crippen molar-refractivity contribution in [3.63, 3.8) is 0 Å². The number of carbonyl (C=O) groups excluding carboxylic acids is 2. The van der Waals surface area contributed by atoms with Gasteiger partial charge in [0.1, 0.15) is 0 Å². The van der Waals surface area contributed by atoms with E-state index in [0.717, 1.165) is 31.2 Å². The fourth-order valence-corrected chi connectivity index (χ4v) is 2.11. The third-order valence-electron chi connectivity index (χ3n) is 3.06. The first-order valence-corrected chi connectivity index (χ1v) is 7.70. The molecule has 0 radical (unpaired) electrons. The van der Waals surface area contributed by atoms with Gasteiger partial charge in [-0.05, 0) is 6.42 Å². The molecule has 0 aromatic heterocycles. The first kappa shape index (κ1) is 18.0. The summed E-state index contributed by atoms with van der Waals surface area (Å²) in [5, 5.41) is 0. The minimum Gasteiger partial charge on any atom is -0.427 e. The lowest BCUT2D eigenvalue weighted by molar-refractivity contribution is -0.139. The SMILES string of the molecule is CCCCCCC(OC(C)=O)=C(OC(C)=O)c1ccccc1. The summed E-state index contributed by atoms with van der Waals surface area (Å²) in [6.07, 6.45) is 4.75. The van der Waals surface area contributed by atoms with Crippen LogP contribution in [0.2, 0.25) is 0 Å². The fourth-order valence-electron chi connectivity index (χ4n) is 2.11. The third kappa shape index (κ3) is 6.57. The Balaban J connectivity index is 3.07. The molecule has 0 heterocycles. The van der Waals surface area contributed by atoms with Gasteiger partial charge in [-0.25, -0.2) is 0 Å². The molecule has 0 atom stereocenters. The van der Waals surface area contributed by atoms with E-state index in [0.29, 0.717) is 17.9 Å². The smallest absolute Gasteiger partial charge is 0.308 e. The van der Waals surface area contributed by atoms with Crippen LogP contribution in [0.1, 0.15) is 58.4 Å². The molecule has 0 unspecified atom stereocenters. The van der Waals surface area contributed by atoms with Crippen LogP contribution in [-0.4, -0.2) is 11.9 Å². The predicted octanol–water partition coefficient (Wildman–Crippen LogP) is 4.45. The third-order valence-corrected chi connectivity index (χ3v) is 3.06. The van der Waals surface area contributed by atoms with E-state index in [-0.39, 0.29) is 0 Å². The molecular weight excluding hydrogens is 280 g/mol. The van der Waals surface area contributed by atoms with E-state index >= 15 is 0 Å². The van der Waals surface area contributed by atoms with Gasteiger partial charge in [0.2, 0.25) is 0 Å². The standard InChI is InChI=1S/C18H24O4/c1-4-5-6-10-13-17(21-14(2)19)18(22-15(3)20)16-11-8-7-9-12-16/h7-9,11-12H,4-6,10,13H2,1-3H3. The summed E-state index contributed by atoms with van der Waals surface area (Å²) in [6.45, 7) is 4.82. The van der Waals surface area contributed by atoms with Crippen LogP contribution in [0, 0.1) is 0 Å². The van der Waals surface area contributed by atoms with Crippen molar-refractivity contribution >= 4 is 17.7 Å². The highest BCUT2D eigenvalue weighted by molar-refractivity contribution is 5.78. The first-order chi connectivity index (χ1) is 10.5. The Labute approximate surface area is 132 Å². The van der Waals surface area contributed by atoms with Crippen molar-refractivity contribution in [1.82, 2.24) is 0 Å². The number of esters is 2. The molecule has 0 aliphatic heterocycles. The maximum atomic E-state index is 11.4. The van der Waals surface area contributed by atoms with Gasteiger partial charge in [-0.2, -0.15) is 0 Å². The van der Waals surface area contributed by atoms with Gasteiger partial charge < -0.3 is 9.47 Å². The first-order valence-electron chi connectivity index (χ1n) is 7.70. The molecule has 0 aliphatic carbocycles. The molecule has 1 rings (SSSR count). The molecule has 0 fully saturated rings. The van der Waals surface area contributed by atoms with E-state index in [1.807, 2.05) is 30.3 Å². The molecule has 0 aliphatic rings. The normalized spacial score (nSPS) is 11.6. The summed E-state index contributed by atoms with van der Waals surface area (Å²) in [5.41, 5.74) is 0.726. The van der Waals surface area contributed by atoms with Gasteiger partial charge >= 0.3 is 11.9 Å². The van der Waals surface area contributed by atoms with E-state index in [4.69, 9.17) is 9.47 Å². The molecule has 0 N–H and O–H groups in total. The largest absolute Gasteiger partial charge is 0.427 e. The summed E-state index contributed by atoms with van der Waals surface area (Å²) in [5.74, 6) is -0.0899. The number of hydrogen-bond acceptors (Lipinski definition) is 4. The van der Waals surface area contributed by atoms with Crippen molar-refractivity contribution in [2.75, 3.05) is 0 Å². The number of carbonyl (C=O) groups is 2. The molecule has 120 valence electrons. The van der Waals surface area contributed by atoms with E-state index in [2.05, 4.69) is 6.92 Å². The van der Waals surface area contributed by atoms with Crippen LogP contribution in [-0.2, 0) is 19.1 Å². The molecule has 22 heavy (non-hydrogen) atoms. The van der Waals surface area contributed by atoms with Gasteiger partial charge in [-0.3, -0.25) is 9.59 Å². The Hall–Kier alpha value is -2.10. The van der Waals surface area contributed by atoms with E-state index in [1.54, 1.807) is 0 Å². The second kappa shape index (κ2) is 9.77. The summed E-state index contributed by atoms with van der Waals surface area (Å²) in [6, 6.07) is 9.23. The molecule has 0 spiro atoms. The van der Waals surface area contributed by atoms with Crippen LogP contribution >= 0.6 is 0 Å². The summed E-state index contributed by atoms with van der Waals surface area (Å²) < 4.78 is 10.6. The zero-order valence-electron chi connectivity index (χ0n) is 13.6. The van der Waals surface area contributed by atoms with Crippen molar-refractivity contribution in [2.24, 2.45) is 0 Å². The predicted molar refractivity (Wildman–Crippen MR) is 85.7 cm³/mol. The molecule has 0 saturated carbocycles. The number of allylic oxidation sites excluding steroid dienone is 1. The number of rotatable bonds is 8. The van der Waals surface area contributed by atoms with Crippen molar-refractivity contribution in [3.8, 4) is 0 Å². The van der Waals surface area contributed by atoms with Crippen molar-refractivity contribution in [2.45, 2.75) is 52.9 Å². The van der Waals surface area contributed by atoms with Crippen molar-refractivity contribution in [3.05, 3.63) is 41.7 Å². The molecule has 4 heteroatoms. The Morgan fingerprint density at radius 2 is 1.55 bits per heavy atom. The Morgan fingerprint density at radius 1 is 0.909 bits per heavy atom. The average molecular weight is 304 g/mol. The van der Waals surface area contributed by atoms with Crippen LogP contribution in [0.5, 0.6) is 0 Å². The van der Waals surface area contributed by atoms with Crippen LogP contribution < -0.4 is 0 Å². The van der Waals surface area contributed by atoms with Gasteiger partial charge in [0.15, 0.2) is 11.5 Å². The summed E-state index contributed by atoms with van der Waals surface area (Å²) in [7, 11) is 0. The molecule has 0 amide bonds. The topological polar surface area (TPSA) is 52.6 Å². The van der Waals surface area contributed by atoms with Gasteiger partial charge in [0.25, 0.3) is 0 Å². The van der Waals surface area contributed by atoms with Gasteiger partial charge in [0, 0.05) is 25.8 Å². The van der Waals surface area contributed by atoms with Gasteiger partial charge in [0.05, 0.1) is 0 Å². The highest BCUT2D eigenvalue weighted by Gasteiger charge is 2.16. The van der Waals surface area contributed by atoms with Crippen LogP contribution in [0.15, 0.2) is 36.1 Å². The molecule has 1 aromatic carbocycles. The lowest BCUT2D eigenvalue weighted by Gasteiger charge is -2.14. The molecule has 4 nitrogen and oxygen atoms in total. The lowest BCUT2D eigenvalue weighted by atomic mass is 10.1. The van der Waals surface area contributed by atoms with E-state index in [9.17, 15) is 9.59 Å². The molecule has 0 bridgehead atoms. The summed E-state index contributed by atoms with van der Waals surface area (Å²) >= 11 is 0. The second-order valence-corrected chi connectivity index (χ2v) is 5.12. The van der Waals surface area contributed by atoms with E-state index in [1.165, 1.54) is 13.8 Å². The van der Waals surface area contributed by atoms with Crippen LogP contribution in [0.3, 0.4) is 0 Å².